The lowest BCUT2D eigenvalue weighted by molar-refractivity contribution is 0.400. The quantitative estimate of drug-likeness (QED) is 0.777. The summed E-state index contributed by atoms with van der Waals surface area (Å²) >= 11 is 0. The van der Waals surface area contributed by atoms with Crippen LogP contribution in [0.25, 0.3) is 0 Å². The van der Waals surface area contributed by atoms with Gasteiger partial charge < -0.3 is 15.4 Å². The van der Waals surface area contributed by atoms with Gasteiger partial charge in [0.1, 0.15) is 5.75 Å². The monoisotopic (exact) mass is 206 g/mol. The van der Waals surface area contributed by atoms with Crippen LogP contribution in [0, 0.1) is 0 Å². The first-order valence-electron chi connectivity index (χ1n) is 5.38. The number of hydrogen-bond donors (Lipinski definition) is 2. The molecule has 3 heteroatoms. The minimum atomic E-state index is 0.550. The molecule has 0 amide bonds. The smallest absolute Gasteiger partial charge is 0.123 e. The van der Waals surface area contributed by atoms with Gasteiger partial charge in [-0.25, -0.2) is 0 Å². The van der Waals surface area contributed by atoms with Gasteiger partial charge in [0, 0.05) is 31.1 Å². The van der Waals surface area contributed by atoms with E-state index >= 15 is 0 Å². The van der Waals surface area contributed by atoms with Crippen LogP contribution < -0.4 is 15.4 Å². The SMILES string of the molecule is CNCC1CNCc2c(OC)cccc21. The Hall–Kier alpha value is -1.06. The Labute approximate surface area is 90.8 Å². The van der Waals surface area contributed by atoms with E-state index in [-0.39, 0.29) is 0 Å². The maximum absolute atomic E-state index is 5.38. The van der Waals surface area contributed by atoms with Crippen molar-refractivity contribution < 1.29 is 4.74 Å². The summed E-state index contributed by atoms with van der Waals surface area (Å²) < 4.78 is 5.38. The average Bonchev–Trinajstić information content (AvgIpc) is 2.29. The van der Waals surface area contributed by atoms with E-state index in [1.165, 1.54) is 11.1 Å². The van der Waals surface area contributed by atoms with Gasteiger partial charge >= 0.3 is 0 Å². The largest absolute Gasteiger partial charge is 0.496 e. The minimum Gasteiger partial charge on any atom is -0.496 e. The molecule has 0 spiro atoms. The van der Waals surface area contributed by atoms with Gasteiger partial charge in [0.15, 0.2) is 0 Å². The molecule has 1 aliphatic heterocycles. The molecule has 1 aromatic rings. The first-order chi connectivity index (χ1) is 7.36. The van der Waals surface area contributed by atoms with E-state index in [9.17, 15) is 0 Å². The molecule has 0 saturated carbocycles. The predicted octanol–water partition coefficient (Wildman–Crippen LogP) is 1.10. The summed E-state index contributed by atoms with van der Waals surface area (Å²) in [5.74, 6) is 1.55. The summed E-state index contributed by atoms with van der Waals surface area (Å²) in [4.78, 5) is 0. The summed E-state index contributed by atoms with van der Waals surface area (Å²) in [6.07, 6.45) is 0. The maximum Gasteiger partial charge on any atom is 0.123 e. The minimum absolute atomic E-state index is 0.550. The summed E-state index contributed by atoms with van der Waals surface area (Å²) in [5.41, 5.74) is 2.73. The van der Waals surface area contributed by atoms with Gasteiger partial charge in [-0.3, -0.25) is 0 Å². The highest BCUT2D eigenvalue weighted by Gasteiger charge is 2.21. The van der Waals surface area contributed by atoms with Crippen molar-refractivity contribution in [3.8, 4) is 5.75 Å². The third-order valence-electron chi connectivity index (χ3n) is 2.97. The lowest BCUT2D eigenvalue weighted by Gasteiger charge is -2.27. The first kappa shape index (κ1) is 10.5. The van der Waals surface area contributed by atoms with Gasteiger partial charge in [-0.2, -0.15) is 0 Å². The molecule has 0 fully saturated rings. The summed E-state index contributed by atoms with van der Waals surface area (Å²) in [6, 6.07) is 6.31. The molecule has 0 aliphatic carbocycles. The molecule has 1 atom stereocenters. The lowest BCUT2D eigenvalue weighted by Crippen LogP contribution is -2.33. The zero-order valence-electron chi connectivity index (χ0n) is 9.34. The molecule has 0 radical (unpaired) electrons. The van der Waals surface area contributed by atoms with Gasteiger partial charge in [0.25, 0.3) is 0 Å². The molecule has 1 unspecified atom stereocenters. The van der Waals surface area contributed by atoms with Gasteiger partial charge in [-0.05, 0) is 18.7 Å². The van der Waals surface area contributed by atoms with Crippen LogP contribution in [-0.4, -0.2) is 27.2 Å². The summed E-state index contributed by atoms with van der Waals surface area (Å²) in [5, 5.41) is 6.67. The fourth-order valence-corrected chi connectivity index (χ4v) is 2.26. The van der Waals surface area contributed by atoms with E-state index in [0.717, 1.165) is 25.4 Å². The van der Waals surface area contributed by atoms with E-state index in [0.29, 0.717) is 5.92 Å². The van der Waals surface area contributed by atoms with E-state index in [1.807, 2.05) is 13.1 Å². The molecule has 2 N–H and O–H groups in total. The van der Waals surface area contributed by atoms with Crippen molar-refractivity contribution in [1.29, 1.82) is 0 Å². The molecular weight excluding hydrogens is 188 g/mol. The van der Waals surface area contributed by atoms with Crippen molar-refractivity contribution in [3.05, 3.63) is 29.3 Å². The number of benzene rings is 1. The van der Waals surface area contributed by atoms with Gasteiger partial charge in [0.2, 0.25) is 0 Å². The molecule has 82 valence electrons. The fourth-order valence-electron chi connectivity index (χ4n) is 2.26. The van der Waals surface area contributed by atoms with Gasteiger partial charge in [-0.1, -0.05) is 12.1 Å². The van der Waals surface area contributed by atoms with Crippen molar-refractivity contribution in [2.45, 2.75) is 12.5 Å². The standard InChI is InChI=1S/C12H18N2O/c1-13-6-9-7-14-8-11-10(9)4-3-5-12(11)15-2/h3-5,9,13-14H,6-8H2,1-2H3. The highest BCUT2D eigenvalue weighted by molar-refractivity contribution is 5.43. The summed E-state index contributed by atoms with van der Waals surface area (Å²) in [7, 11) is 3.73. The number of ether oxygens (including phenoxy) is 1. The van der Waals surface area contributed by atoms with Crippen LogP contribution in [0.1, 0.15) is 17.0 Å². The number of hydrogen-bond acceptors (Lipinski definition) is 3. The Bertz CT molecular complexity index is 338. The van der Waals surface area contributed by atoms with Crippen molar-refractivity contribution in [3.63, 3.8) is 0 Å². The number of methoxy groups -OCH3 is 1. The van der Waals surface area contributed by atoms with Gasteiger partial charge in [0.05, 0.1) is 7.11 Å². The zero-order chi connectivity index (χ0) is 10.7. The Balaban J connectivity index is 2.35. The highest BCUT2D eigenvalue weighted by atomic mass is 16.5. The van der Waals surface area contributed by atoms with E-state index in [4.69, 9.17) is 4.74 Å². The number of nitrogens with one attached hydrogen (secondary N) is 2. The van der Waals surface area contributed by atoms with Crippen LogP contribution in [0.2, 0.25) is 0 Å². The maximum atomic E-state index is 5.38. The summed E-state index contributed by atoms with van der Waals surface area (Å²) in [6.45, 7) is 2.97. The molecule has 1 aromatic carbocycles. The van der Waals surface area contributed by atoms with E-state index in [2.05, 4.69) is 22.8 Å². The van der Waals surface area contributed by atoms with Crippen LogP contribution in [0.5, 0.6) is 5.75 Å². The molecule has 1 heterocycles. The Morgan fingerprint density at radius 2 is 2.40 bits per heavy atom. The van der Waals surface area contributed by atoms with Crippen LogP contribution in [-0.2, 0) is 6.54 Å². The topological polar surface area (TPSA) is 33.3 Å². The van der Waals surface area contributed by atoms with Crippen molar-refractivity contribution in [2.24, 2.45) is 0 Å². The van der Waals surface area contributed by atoms with E-state index < -0.39 is 0 Å². The number of fused-ring (bicyclic) bond motifs is 1. The van der Waals surface area contributed by atoms with E-state index in [1.54, 1.807) is 7.11 Å². The second kappa shape index (κ2) is 4.64. The molecular formula is C12H18N2O. The highest BCUT2D eigenvalue weighted by Crippen LogP contribution is 2.30. The number of rotatable bonds is 3. The normalized spacial score (nSPS) is 19.7. The Morgan fingerprint density at radius 1 is 1.53 bits per heavy atom. The van der Waals surface area contributed by atoms with Crippen molar-refractivity contribution in [2.75, 3.05) is 27.2 Å². The van der Waals surface area contributed by atoms with Crippen molar-refractivity contribution in [1.82, 2.24) is 10.6 Å². The molecule has 2 rings (SSSR count). The van der Waals surface area contributed by atoms with Crippen LogP contribution >= 0.6 is 0 Å². The predicted molar refractivity (Wildman–Crippen MR) is 61.4 cm³/mol. The van der Waals surface area contributed by atoms with Gasteiger partial charge in [-0.15, -0.1) is 0 Å². The molecule has 15 heavy (non-hydrogen) atoms. The second-order valence-corrected chi connectivity index (χ2v) is 3.91. The Morgan fingerprint density at radius 3 is 3.13 bits per heavy atom. The molecule has 0 aromatic heterocycles. The number of likely N-dealkylation sites (N-methyl/N-ethyl adjacent to an activating group) is 1. The third kappa shape index (κ3) is 1.98. The first-order valence-corrected chi connectivity index (χ1v) is 5.38. The lowest BCUT2D eigenvalue weighted by atomic mass is 9.90. The third-order valence-corrected chi connectivity index (χ3v) is 2.97. The second-order valence-electron chi connectivity index (χ2n) is 3.91. The molecule has 1 aliphatic rings. The van der Waals surface area contributed by atoms with Crippen LogP contribution in [0.3, 0.4) is 0 Å². The van der Waals surface area contributed by atoms with Crippen LogP contribution in [0.4, 0.5) is 0 Å². The van der Waals surface area contributed by atoms with Crippen LogP contribution in [0.15, 0.2) is 18.2 Å². The zero-order valence-corrected chi connectivity index (χ0v) is 9.34. The molecule has 3 nitrogen and oxygen atoms in total. The fraction of sp³-hybridized carbons (Fsp3) is 0.500. The van der Waals surface area contributed by atoms with Crippen molar-refractivity contribution >= 4 is 0 Å². The average molecular weight is 206 g/mol. The molecule has 0 bridgehead atoms. The Kier molecular flexibility index (Phi) is 3.23. The molecule has 0 saturated heterocycles.